The highest BCUT2D eigenvalue weighted by atomic mass is 16.1. The van der Waals surface area contributed by atoms with E-state index in [1.807, 2.05) is 31.2 Å². The highest BCUT2D eigenvalue weighted by Crippen LogP contribution is 2.20. The zero-order valence-electron chi connectivity index (χ0n) is 11.2. The lowest BCUT2D eigenvalue weighted by molar-refractivity contribution is -0.122. The highest BCUT2D eigenvalue weighted by Gasteiger charge is 2.19. The van der Waals surface area contributed by atoms with Crippen LogP contribution < -0.4 is 11.1 Å². The highest BCUT2D eigenvalue weighted by molar-refractivity contribution is 5.78. The molecule has 3 heteroatoms. The normalized spacial score (nSPS) is 12.6. The van der Waals surface area contributed by atoms with Crippen molar-refractivity contribution < 1.29 is 4.79 Å². The summed E-state index contributed by atoms with van der Waals surface area (Å²) in [5.74, 6) is 2.64. The first-order valence-electron chi connectivity index (χ1n) is 5.98. The minimum Gasteiger partial charge on any atom is -0.399 e. The Morgan fingerprint density at radius 3 is 2.50 bits per heavy atom. The predicted octanol–water partition coefficient (Wildman–Crippen LogP) is 2.29. The van der Waals surface area contributed by atoms with E-state index in [1.165, 1.54) is 0 Å². The number of carbonyl (C=O) groups is 1. The summed E-state index contributed by atoms with van der Waals surface area (Å²) in [6.07, 6.45) is 5.75. The second-order valence-electron chi connectivity index (χ2n) is 5.09. The number of rotatable bonds is 4. The van der Waals surface area contributed by atoms with Gasteiger partial charge in [0.25, 0.3) is 0 Å². The number of carbonyl (C=O) groups excluding carboxylic acids is 1. The van der Waals surface area contributed by atoms with Gasteiger partial charge in [-0.1, -0.05) is 25.0 Å². The molecule has 0 aliphatic carbocycles. The van der Waals surface area contributed by atoms with E-state index in [9.17, 15) is 4.79 Å². The van der Waals surface area contributed by atoms with Crippen molar-refractivity contribution in [2.45, 2.75) is 38.6 Å². The van der Waals surface area contributed by atoms with Gasteiger partial charge in [0.1, 0.15) is 0 Å². The van der Waals surface area contributed by atoms with Gasteiger partial charge < -0.3 is 11.1 Å². The van der Waals surface area contributed by atoms with Crippen LogP contribution in [0.3, 0.4) is 0 Å². The first kappa shape index (κ1) is 14.1. The van der Waals surface area contributed by atoms with E-state index >= 15 is 0 Å². The van der Waals surface area contributed by atoms with Crippen molar-refractivity contribution in [3.63, 3.8) is 0 Å². The molecule has 0 fully saturated rings. The van der Waals surface area contributed by atoms with Crippen LogP contribution in [0, 0.1) is 12.3 Å². The fraction of sp³-hybridized carbons (Fsp3) is 0.400. The van der Waals surface area contributed by atoms with E-state index in [1.54, 1.807) is 13.8 Å². The Balaban J connectivity index is 2.60. The van der Waals surface area contributed by atoms with Gasteiger partial charge in [0.2, 0.25) is 5.91 Å². The largest absolute Gasteiger partial charge is 0.399 e. The van der Waals surface area contributed by atoms with Crippen molar-refractivity contribution in [2.24, 2.45) is 0 Å². The van der Waals surface area contributed by atoms with E-state index in [0.29, 0.717) is 6.42 Å². The van der Waals surface area contributed by atoms with Gasteiger partial charge >= 0.3 is 0 Å². The first-order chi connectivity index (χ1) is 8.34. The summed E-state index contributed by atoms with van der Waals surface area (Å²) < 4.78 is 0. The summed E-state index contributed by atoms with van der Waals surface area (Å²) in [4.78, 5) is 11.8. The second-order valence-corrected chi connectivity index (χ2v) is 5.09. The van der Waals surface area contributed by atoms with Crippen LogP contribution in [0.15, 0.2) is 24.3 Å². The third-order valence-electron chi connectivity index (χ3n) is 2.81. The Kier molecular flexibility index (Phi) is 4.38. The number of nitrogens with one attached hydrogen (secondary N) is 1. The lowest BCUT2D eigenvalue weighted by Crippen LogP contribution is -2.42. The number of terminal acetylenes is 1. The predicted molar refractivity (Wildman–Crippen MR) is 74.9 cm³/mol. The second kappa shape index (κ2) is 5.59. The standard InChI is InChI=1S/C15H20N2O/c1-5-15(3,4)17-14(18)10-11(2)12-6-8-13(16)9-7-12/h1,6-9,11H,10,16H2,2-4H3,(H,17,18). The molecule has 3 N–H and O–H groups in total. The number of nitrogen functional groups attached to an aromatic ring is 1. The zero-order valence-corrected chi connectivity index (χ0v) is 11.2. The Bertz CT molecular complexity index is 454. The summed E-state index contributed by atoms with van der Waals surface area (Å²) in [5, 5.41) is 2.82. The van der Waals surface area contributed by atoms with Crippen molar-refractivity contribution in [3.05, 3.63) is 29.8 Å². The van der Waals surface area contributed by atoms with Crippen LogP contribution >= 0.6 is 0 Å². The van der Waals surface area contributed by atoms with Gasteiger partial charge in [0, 0.05) is 12.1 Å². The maximum Gasteiger partial charge on any atom is 0.221 e. The zero-order chi connectivity index (χ0) is 13.8. The number of benzene rings is 1. The number of hydrogen-bond acceptors (Lipinski definition) is 2. The molecule has 0 bridgehead atoms. The van der Waals surface area contributed by atoms with Crippen LogP contribution in [0.5, 0.6) is 0 Å². The quantitative estimate of drug-likeness (QED) is 0.630. The van der Waals surface area contributed by atoms with Gasteiger partial charge in [-0.2, -0.15) is 0 Å². The van der Waals surface area contributed by atoms with Crippen molar-refractivity contribution >= 4 is 11.6 Å². The topological polar surface area (TPSA) is 55.1 Å². The molecule has 3 nitrogen and oxygen atoms in total. The molecule has 1 aromatic rings. The third-order valence-corrected chi connectivity index (χ3v) is 2.81. The minimum absolute atomic E-state index is 0.0396. The van der Waals surface area contributed by atoms with E-state index in [0.717, 1.165) is 11.3 Å². The molecule has 1 atom stereocenters. The molecule has 0 saturated heterocycles. The monoisotopic (exact) mass is 244 g/mol. The van der Waals surface area contributed by atoms with Gasteiger partial charge in [-0.15, -0.1) is 6.42 Å². The van der Waals surface area contributed by atoms with Crippen molar-refractivity contribution in [3.8, 4) is 12.3 Å². The van der Waals surface area contributed by atoms with Crippen LogP contribution in [0.25, 0.3) is 0 Å². The van der Waals surface area contributed by atoms with Gasteiger partial charge in [0.05, 0.1) is 5.54 Å². The smallest absolute Gasteiger partial charge is 0.221 e. The molecule has 0 aliphatic heterocycles. The number of nitrogens with two attached hydrogens (primary N) is 1. The lowest BCUT2D eigenvalue weighted by Gasteiger charge is -2.21. The molecular weight excluding hydrogens is 224 g/mol. The van der Waals surface area contributed by atoms with Crippen LogP contribution in [-0.2, 0) is 4.79 Å². The van der Waals surface area contributed by atoms with Crippen molar-refractivity contribution in [1.82, 2.24) is 5.32 Å². The molecule has 1 unspecified atom stereocenters. The summed E-state index contributed by atoms with van der Waals surface area (Å²) in [5.41, 5.74) is 6.85. The van der Waals surface area contributed by atoms with E-state index in [-0.39, 0.29) is 11.8 Å². The minimum atomic E-state index is -0.599. The molecular formula is C15H20N2O. The Hall–Kier alpha value is -1.95. The fourth-order valence-corrected chi connectivity index (χ4v) is 1.66. The number of hydrogen-bond donors (Lipinski definition) is 2. The molecule has 0 aliphatic rings. The van der Waals surface area contributed by atoms with Crippen LogP contribution in [0.2, 0.25) is 0 Å². The Morgan fingerprint density at radius 1 is 1.44 bits per heavy atom. The molecule has 0 radical (unpaired) electrons. The fourth-order valence-electron chi connectivity index (χ4n) is 1.66. The van der Waals surface area contributed by atoms with Gasteiger partial charge in [-0.25, -0.2) is 0 Å². The van der Waals surface area contributed by atoms with Crippen LogP contribution in [0.4, 0.5) is 5.69 Å². The molecule has 0 heterocycles. The molecule has 0 saturated carbocycles. The lowest BCUT2D eigenvalue weighted by atomic mass is 9.96. The van der Waals surface area contributed by atoms with Crippen LogP contribution in [-0.4, -0.2) is 11.4 Å². The summed E-state index contributed by atoms with van der Waals surface area (Å²) in [6, 6.07) is 7.57. The average Bonchev–Trinajstić information content (AvgIpc) is 2.29. The maximum absolute atomic E-state index is 11.8. The molecule has 1 amide bonds. The van der Waals surface area contributed by atoms with Gasteiger partial charge in [-0.3, -0.25) is 4.79 Å². The maximum atomic E-state index is 11.8. The van der Waals surface area contributed by atoms with Gasteiger partial charge in [-0.05, 0) is 37.5 Å². The van der Waals surface area contributed by atoms with E-state index in [4.69, 9.17) is 12.2 Å². The van der Waals surface area contributed by atoms with Crippen molar-refractivity contribution in [2.75, 3.05) is 5.73 Å². The van der Waals surface area contributed by atoms with Crippen molar-refractivity contribution in [1.29, 1.82) is 0 Å². The van der Waals surface area contributed by atoms with E-state index < -0.39 is 5.54 Å². The van der Waals surface area contributed by atoms with Gasteiger partial charge in [0.15, 0.2) is 0 Å². The molecule has 0 spiro atoms. The van der Waals surface area contributed by atoms with Crippen LogP contribution in [0.1, 0.15) is 38.7 Å². The SMILES string of the molecule is C#CC(C)(C)NC(=O)CC(C)c1ccc(N)cc1. The molecule has 18 heavy (non-hydrogen) atoms. The number of anilines is 1. The average molecular weight is 244 g/mol. The summed E-state index contributed by atoms with van der Waals surface area (Å²) in [6.45, 7) is 5.62. The third kappa shape index (κ3) is 4.14. The van der Waals surface area contributed by atoms with E-state index in [2.05, 4.69) is 11.2 Å². The first-order valence-corrected chi connectivity index (χ1v) is 5.98. The molecule has 0 aromatic heterocycles. The number of amides is 1. The summed E-state index contributed by atoms with van der Waals surface area (Å²) in [7, 11) is 0. The molecule has 1 aromatic carbocycles. The summed E-state index contributed by atoms with van der Waals surface area (Å²) >= 11 is 0. The Labute approximate surface area is 109 Å². The molecule has 1 rings (SSSR count). The molecule has 96 valence electrons. The Morgan fingerprint density at radius 2 is 2.00 bits per heavy atom.